The fourth-order valence-corrected chi connectivity index (χ4v) is 3.57. The summed E-state index contributed by atoms with van der Waals surface area (Å²) in [5.41, 5.74) is 2.49. The number of hydrogen-bond donors (Lipinski definition) is 3. The number of aliphatic hydroxyl groups excluding tert-OH is 1. The molecule has 0 radical (unpaired) electrons. The van der Waals surface area contributed by atoms with Crippen molar-refractivity contribution in [3.63, 3.8) is 0 Å². The summed E-state index contributed by atoms with van der Waals surface area (Å²) in [4.78, 5) is 21.2. The van der Waals surface area contributed by atoms with E-state index in [1.54, 1.807) is 34.1 Å². The number of aliphatic hydroxyl groups is 1. The van der Waals surface area contributed by atoms with Crippen LogP contribution in [0.3, 0.4) is 0 Å². The number of carbonyl (C=O) groups excluding carboxylic acids is 1. The number of hydrogen-bond acceptors (Lipinski definition) is 5. The molecule has 3 N–H and O–H groups in total. The Labute approximate surface area is 180 Å². The molecule has 160 valence electrons. The zero-order valence-electron chi connectivity index (χ0n) is 17.9. The van der Waals surface area contributed by atoms with Crippen LogP contribution in [0, 0.1) is 0 Å². The quantitative estimate of drug-likeness (QED) is 0.440. The molecule has 4 aromatic rings. The third kappa shape index (κ3) is 3.80. The summed E-state index contributed by atoms with van der Waals surface area (Å²) in [5.74, 6) is 0.897. The molecule has 0 bridgehead atoms. The van der Waals surface area contributed by atoms with Gasteiger partial charge in [0.1, 0.15) is 17.2 Å². The van der Waals surface area contributed by atoms with Gasteiger partial charge in [0.05, 0.1) is 37.6 Å². The van der Waals surface area contributed by atoms with Gasteiger partial charge < -0.3 is 24.9 Å². The number of nitrogens with zero attached hydrogens (tertiary/aromatic N) is 1. The maximum Gasteiger partial charge on any atom is 0.270 e. The molecule has 2 aromatic carbocycles. The Hall–Kier alpha value is -3.58. The van der Waals surface area contributed by atoms with Crippen molar-refractivity contribution in [2.45, 2.75) is 19.4 Å². The summed E-state index contributed by atoms with van der Waals surface area (Å²) in [6, 6.07) is 15.1. The molecule has 0 spiro atoms. The third-order valence-electron chi connectivity index (χ3n) is 5.24. The first-order chi connectivity index (χ1) is 14.9. The number of aromatic amines is 1. The van der Waals surface area contributed by atoms with Crippen molar-refractivity contribution in [3.05, 3.63) is 54.2 Å². The predicted octanol–water partition coefficient (Wildman–Crippen LogP) is 3.90. The Bertz CT molecular complexity index is 1280. The van der Waals surface area contributed by atoms with Crippen LogP contribution in [-0.2, 0) is 0 Å². The van der Waals surface area contributed by atoms with Gasteiger partial charge in [-0.05, 0) is 44.2 Å². The average molecular weight is 419 g/mol. The monoisotopic (exact) mass is 419 g/mol. The van der Waals surface area contributed by atoms with Gasteiger partial charge in [0.25, 0.3) is 5.91 Å². The van der Waals surface area contributed by atoms with Gasteiger partial charge in [0, 0.05) is 21.9 Å². The molecule has 4 rings (SSSR count). The molecule has 0 atom stereocenters. The fourth-order valence-electron chi connectivity index (χ4n) is 3.57. The van der Waals surface area contributed by atoms with Crippen LogP contribution in [0.2, 0.25) is 0 Å². The number of fused-ring (bicyclic) bond motifs is 3. The van der Waals surface area contributed by atoms with E-state index in [1.165, 1.54) is 0 Å². The molecule has 2 heterocycles. The molecule has 0 saturated carbocycles. The third-order valence-corrected chi connectivity index (χ3v) is 5.24. The van der Waals surface area contributed by atoms with Crippen LogP contribution < -0.4 is 14.8 Å². The number of aromatic nitrogens is 2. The molecule has 0 aliphatic heterocycles. The number of rotatable bonds is 6. The lowest BCUT2D eigenvalue weighted by Crippen LogP contribution is -2.46. The van der Waals surface area contributed by atoms with Gasteiger partial charge in [0.2, 0.25) is 0 Å². The van der Waals surface area contributed by atoms with Gasteiger partial charge in [-0.3, -0.25) is 4.79 Å². The Balaban J connectivity index is 2.01. The van der Waals surface area contributed by atoms with E-state index in [-0.39, 0.29) is 18.2 Å². The number of ether oxygens (including phenoxy) is 2. The highest BCUT2D eigenvalue weighted by molar-refractivity contribution is 6.13. The number of benzene rings is 2. The molecular weight excluding hydrogens is 394 g/mol. The highest BCUT2D eigenvalue weighted by atomic mass is 16.5. The van der Waals surface area contributed by atoms with Crippen molar-refractivity contribution < 1.29 is 19.4 Å². The van der Waals surface area contributed by atoms with E-state index in [4.69, 9.17) is 14.5 Å². The Morgan fingerprint density at radius 2 is 1.87 bits per heavy atom. The number of carbonyl (C=O) groups is 1. The molecule has 1 amide bonds. The zero-order valence-corrected chi connectivity index (χ0v) is 17.9. The predicted molar refractivity (Wildman–Crippen MR) is 121 cm³/mol. The second-order valence-corrected chi connectivity index (χ2v) is 8.01. The standard InChI is InChI=1S/C24H25N3O4/c1-24(2,13-28)27-23(29)19-12-16-15-7-5-6-8-18(15)25-21(16)22(26-19)17-11-14(30-3)9-10-20(17)31-4/h5-12,25,28H,13H2,1-4H3,(H,27,29). The molecular formula is C24H25N3O4. The van der Waals surface area contributed by atoms with Crippen LogP contribution in [0.15, 0.2) is 48.5 Å². The molecule has 31 heavy (non-hydrogen) atoms. The molecule has 0 saturated heterocycles. The summed E-state index contributed by atoms with van der Waals surface area (Å²) < 4.78 is 11.0. The molecule has 0 unspecified atom stereocenters. The fraction of sp³-hybridized carbons (Fsp3) is 0.250. The number of amides is 1. The number of H-pyrrole nitrogens is 1. The smallest absolute Gasteiger partial charge is 0.270 e. The lowest BCUT2D eigenvalue weighted by atomic mass is 10.0. The van der Waals surface area contributed by atoms with Crippen LogP contribution in [-0.4, -0.2) is 47.3 Å². The van der Waals surface area contributed by atoms with Gasteiger partial charge in [0.15, 0.2) is 0 Å². The summed E-state index contributed by atoms with van der Waals surface area (Å²) in [6.45, 7) is 3.31. The maximum atomic E-state index is 13.0. The minimum atomic E-state index is -0.776. The van der Waals surface area contributed by atoms with E-state index in [2.05, 4.69) is 10.3 Å². The molecule has 0 fully saturated rings. The molecule has 0 aliphatic carbocycles. The van der Waals surface area contributed by atoms with Crippen molar-refractivity contribution >= 4 is 27.7 Å². The first-order valence-electron chi connectivity index (χ1n) is 9.94. The van der Waals surface area contributed by atoms with Crippen molar-refractivity contribution in [2.75, 3.05) is 20.8 Å². The van der Waals surface area contributed by atoms with Gasteiger partial charge in [-0.1, -0.05) is 18.2 Å². The van der Waals surface area contributed by atoms with E-state index in [0.29, 0.717) is 22.8 Å². The zero-order chi connectivity index (χ0) is 22.2. The number of nitrogens with one attached hydrogen (secondary N) is 2. The van der Waals surface area contributed by atoms with Crippen molar-refractivity contribution in [1.82, 2.24) is 15.3 Å². The average Bonchev–Trinajstić information content (AvgIpc) is 3.16. The normalized spacial score (nSPS) is 11.6. The van der Waals surface area contributed by atoms with Crippen molar-refractivity contribution in [1.29, 1.82) is 0 Å². The van der Waals surface area contributed by atoms with Crippen LogP contribution in [0.5, 0.6) is 11.5 Å². The molecule has 7 nitrogen and oxygen atoms in total. The van der Waals surface area contributed by atoms with Crippen molar-refractivity contribution in [2.24, 2.45) is 0 Å². The summed E-state index contributed by atoms with van der Waals surface area (Å²) >= 11 is 0. The second kappa shape index (κ2) is 7.92. The second-order valence-electron chi connectivity index (χ2n) is 8.01. The van der Waals surface area contributed by atoms with Crippen LogP contribution in [0.25, 0.3) is 33.1 Å². The SMILES string of the molecule is COc1ccc(OC)c(-c2nc(C(=O)NC(C)(C)CO)cc3c2[nH]c2ccccc23)c1. The molecule has 2 aromatic heterocycles. The number of pyridine rings is 1. The number of para-hydroxylation sites is 1. The number of methoxy groups -OCH3 is 2. The lowest BCUT2D eigenvalue weighted by Gasteiger charge is -2.23. The van der Waals surface area contributed by atoms with E-state index < -0.39 is 5.54 Å². The largest absolute Gasteiger partial charge is 0.497 e. The van der Waals surface area contributed by atoms with Crippen LogP contribution in [0.1, 0.15) is 24.3 Å². The maximum absolute atomic E-state index is 13.0. The van der Waals surface area contributed by atoms with E-state index in [0.717, 1.165) is 21.8 Å². The molecule has 7 heteroatoms. The van der Waals surface area contributed by atoms with Gasteiger partial charge in [-0.15, -0.1) is 0 Å². The Morgan fingerprint density at radius 3 is 2.58 bits per heavy atom. The Kier molecular flexibility index (Phi) is 5.29. The first-order valence-corrected chi connectivity index (χ1v) is 9.94. The van der Waals surface area contributed by atoms with E-state index in [9.17, 15) is 9.90 Å². The minimum Gasteiger partial charge on any atom is -0.497 e. The Morgan fingerprint density at radius 1 is 1.10 bits per heavy atom. The summed E-state index contributed by atoms with van der Waals surface area (Å²) in [5, 5.41) is 14.3. The van der Waals surface area contributed by atoms with Crippen molar-refractivity contribution in [3.8, 4) is 22.8 Å². The topological polar surface area (TPSA) is 96.5 Å². The molecule has 0 aliphatic rings. The highest BCUT2D eigenvalue weighted by Gasteiger charge is 2.24. The van der Waals surface area contributed by atoms with Gasteiger partial charge in [-0.25, -0.2) is 4.98 Å². The van der Waals surface area contributed by atoms with Crippen LogP contribution in [0.4, 0.5) is 0 Å². The van der Waals surface area contributed by atoms with E-state index in [1.807, 2.05) is 42.5 Å². The van der Waals surface area contributed by atoms with Gasteiger partial charge >= 0.3 is 0 Å². The van der Waals surface area contributed by atoms with Gasteiger partial charge in [-0.2, -0.15) is 0 Å². The summed E-state index contributed by atoms with van der Waals surface area (Å²) in [6.07, 6.45) is 0. The van der Waals surface area contributed by atoms with Crippen LogP contribution >= 0.6 is 0 Å². The summed E-state index contributed by atoms with van der Waals surface area (Å²) in [7, 11) is 3.19. The first kappa shape index (κ1) is 20.7. The minimum absolute atomic E-state index is 0.190. The lowest BCUT2D eigenvalue weighted by molar-refractivity contribution is 0.0864. The van der Waals surface area contributed by atoms with E-state index >= 15 is 0 Å². The highest BCUT2D eigenvalue weighted by Crippen LogP contribution is 2.38.